The summed E-state index contributed by atoms with van der Waals surface area (Å²) in [5, 5.41) is 0. The van der Waals surface area contributed by atoms with E-state index in [1.807, 2.05) is 0 Å². The topological polar surface area (TPSA) is 46.0 Å². The molecular weight excluding hydrogens is 310 g/mol. The van der Waals surface area contributed by atoms with Crippen LogP contribution in [0, 0.1) is 0 Å². The summed E-state index contributed by atoms with van der Waals surface area (Å²) in [7, 11) is 0. The summed E-state index contributed by atoms with van der Waals surface area (Å²) in [6.07, 6.45) is 23.4. The predicted octanol–water partition coefficient (Wildman–Crippen LogP) is 7.33. The van der Waals surface area contributed by atoms with Crippen LogP contribution in [0.5, 0.6) is 0 Å². The van der Waals surface area contributed by atoms with Crippen LogP contribution in [0.3, 0.4) is 0 Å². The molecule has 1 heterocycles. The van der Waals surface area contributed by atoms with Crippen molar-refractivity contribution in [2.24, 2.45) is 0 Å². The Morgan fingerprint density at radius 2 is 1.28 bits per heavy atom. The Morgan fingerprint density at radius 3 is 1.68 bits per heavy atom. The third-order valence-electron chi connectivity index (χ3n) is 5.34. The monoisotopic (exact) mass is 351 g/mol. The summed E-state index contributed by atoms with van der Waals surface area (Å²) in [5.41, 5.74) is 0. The van der Waals surface area contributed by atoms with Gasteiger partial charge in [0.25, 0.3) is 0 Å². The van der Waals surface area contributed by atoms with Gasteiger partial charge in [0.2, 0.25) is 0 Å². The van der Waals surface area contributed by atoms with Gasteiger partial charge in [-0.2, -0.15) is 0 Å². The van der Waals surface area contributed by atoms with Gasteiger partial charge in [-0.05, 0) is 12.8 Å². The standard InChI is InChI=1S/C22H41NO2/c1-3-5-6-7-8-9-10-11-12-13-14-15-16-17-18-20(4-2)21-19-23-22(24)25-21/h19-20H,3-18H2,1-2H3,(H,23,24). The number of oxazole rings is 1. The van der Waals surface area contributed by atoms with Crippen LogP contribution in [0.15, 0.2) is 15.4 Å². The minimum Gasteiger partial charge on any atom is -0.413 e. The zero-order valence-corrected chi connectivity index (χ0v) is 16.8. The summed E-state index contributed by atoms with van der Waals surface area (Å²) in [6, 6.07) is 0. The Kier molecular flexibility index (Phi) is 13.5. The maximum absolute atomic E-state index is 11.1. The van der Waals surface area contributed by atoms with E-state index >= 15 is 0 Å². The first-order valence-corrected chi connectivity index (χ1v) is 11.0. The summed E-state index contributed by atoms with van der Waals surface area (Å²) >= 11 is 0. The molecule has 0 fully saturated rings. The van der Waals surface area contributed by atoms with Gasteiger partial charge in [-0.25, -0.2) is 4.79 Å². The second kappa shape index (κ2) is 15.3. The molecule has 0 saturated carbocycles. The molecule has 3 nitrogen and oxygen atoms in total. The van der Waals surface area contributed by atoms with Crippen LogP contribution in [0.1, 0.15) is 128 Å². The van der Waals surface area contributed by atoms with Crippen LogP contribution < -0.4 is 5.76 Å². The van der Waals surface area contributed by atoms with Gasteiger partial charge in [0.15, 0.2) is 0 Å². The van der Waals surface area contributed by atoms with Crippen molar-refractivity contribution in [2.45, 2.75) is 122 Å². The Morgan fingerprint density at radius 1 is 0.800 bits per heavy atom. The highest BCUT2D eigenvalue weighted by Crippen LogP contribution is 2.24. The predicted molar refractivity (Wildman–Crippen MR) is 107 cm³/mol. The molecule has 0 aliphatic heterocycles. The molecule has 0 saturated heterocycles. The van der Waals surface area contributed by atoms with Gasteiger partial charge < -0.3 is 4.42 Å². The van der Waals surface area contributed by atoms with Crippen molar-refractivity contribution in [3.05, 3.63) is 22.5 Å². The number of aromatic nitrogens is 1. The minimum absolute atomic E-state index is 0.325. The number of hydrogen-bond donors (Lipinski definition) is 1. The molecule has 1 aromatic heterocycles. The average molecular weight is 352 g/mol. The van der Waals surface area contributed by atoms with Gasteiger partial charge in [0.05, 0.1) is 0 Å². The summed E-state index contributed by atoms with van der Waals surface area (Å²) in [5.74, 6) is 0.910. The number of unbranched alkanes of at least 4 members (excludes halogenated alkanes) is 13. The zero-order valence-electron chi connectivity index (χ0n) is 16.8. The number of aromatic amines is 1. The van der Waals surface area contributed by atoms with Crippen LogP contribution in [-0.4, -0.2) is 4.98 Å². The van der Waals surface area contributed by atoms with E-state index < -0.39 is 0 Å². The van der Waals surface area contributed by atoms with Gasteiger partial charge >= 0.3 is 5.76 Å². The van der Waals surface area contributed by atoms with Crippen molar-refractivity contribution in [3.8, 4) is 0 Å². The van der Waals surface area contributed by atoms with Crippen molar-refractivity contribution >= 4 is 0 Å². The molecule has 1 N–H and O–H groups in total. The van der Waals surface area contributed by atoms with E-state index in [2.05, 4.69) is 18.8 Å². The van der Waals surface area contributed by atoms with E-state index in [-0.39, 0.29) is 5.76 Å². The highest BCUT2D eigenvalue weighted by Gasteiger charge is 2.13. The molecule has 1 rings (SSSR count). The number of hydrogen-bond acceptors (Lipinski definition) is 2. The third kappa shape index (κ3) is 11.3. The second-order valence-corrected chi connectivity index (χ2v) is 7.57. The van der Waals surface area contributed by atoms with Crippen molar-refractivity contribution in [3.63, 3.8) is 0 Å². The van der Waals surface area contributed by atoms with Gasteiger partial charge in [0.1, 0.15) is 5.76 Å². The van der Waals surface area contributed by atoms with Gasteiger partial charge in [-0.3, -0.25) is 4.98 Å². The van der Waals surface area contributed by atoms with E-state index in [4.69, 9.17) is 4.42 Å². The molecule has 0 aromatic carbocycles. The van der Waals surface area contributed by atoms with Crippen LogP contribution in [0.25, 0.3) is 0 Å². The first kappa shape index (κ1) is 22.1. The van der Waals surface area contributed by atoms with E-state index in [9.17, 15) is 4.79 Å². The molecule has 146 valence electrons. The molecule has 0 radical (unpaired) electrons. The smallest absolute Gasteiger partial charge is 0.413 e. The Hall–Kier alpha value is -0.990. The largest absolute Gasteiger partial charge is 0.416 e. The van der Waals surface area contributed by atoms with Crippen molar-refractivity contribution in [1.82, 2.24) is 4.98 Å². The summed E-state index contributed by atoms with van der Waals surface area (Å²) in [4.78, 5) is 13.7. The van der Waals surface area contributed by atoms with Crippen molar-refractivity contribution in [1.29, 1.82) is 0 Å². The van der Waals surface area contributed by atoms with E-state index in [0.717, 1.165) is 18.6 Å². The number of rotatable bonds is 17. The van der Waals surface area contributed by atoms with Crippen LogP contribution in [-0.2, 0) is 0 Å². The normalized spacial score (nSPS) is 12.6. The van der Waals surface area contributed by atoms with Gasteiger partial charge in [-0.15, -0.1) is 0 Å². The van der Waals surface area contributed by atoms with E-state index in [1.54, 1.807) is 6.20 Å². The molecule has 1 unspecified atom stereocenters. The van der Waals surface area contributed by atoms with Crippen LogP contribution >= 0.6 is 0 Å². The molecule has 1 atom stereocenters. The summed E-state index contributed by atoms with van der Waals surface area (Å²) in [6.45, 7) is 4.45. The van der Waals surface area contributed by atoms with Crippen molar-refractivity contribution < 1.29 is 4.42 Å². The zero-order chi connectivity index (χ0) is 18.2. The molecule has 0 spiro atoms. The SMILES string of the molecule is CCCCCCCCCCCCCCCCC(CC)c1c[nH]c(=O)o1. The first-order valence-electron chi connectivity index (χ1n) is 11.0. The van der Waals surface area contributed by atoms with E-state index in [0.29, 0.717) is 5.92 Å². The molecule has 1 aromatic rings. The van der Waals surface area contributed by atoms with Gasteiger partial charge in [0, 0.05) is 12.1 Å². The Balaban J connectivity index is 1.86. The second-order valence-electron chi connectivity index (χ2n) is 7.57. The lowest BCUT2D eigenvalue weighted by Crippen LogP contribution is -1.97. The number of nitrogens with one attached hydrogen (secondary N) is 1. The van der Waals surface area contributed by atoms with Crippen LogP contribution in [0.2, 0.25) is 0 Å². The maximum atomic E-state index is 11.1. The Labute approximate surface area is 155 Å². The fourth-order valence-electron chi connectivity index (χ4n) is 3.63. The molecule has 0 aliphatic carbocycles. The highest BCUT2D eigenvalue weighted by molar-refractivity contribution is 4.98. The highest BCUT2D eigenvalue weighted by atomic mass is 16.4. The lowest BCUT2D eigenvalue weighted by atomic mass is 9.96. The number of H-pyrrole nitrogens is 1. The molecular formula is C22H41NO2. The van der Waals surface area contributed by atoms with Gasteiger partial charge in [-0.1, -0.05) is 104 Å². The maximum Gasteiger partial charge on any atom is 0.416 e. The molecule has 0 bridgehead atoms. The first-order chi connectivity index (χ1) is 12.3. The average Bonchev–Trinajstić information content (AvgIpc) is 3.04. The Bertz CT molecular complexity index is 449. The minimum atomic E-state index is -0.325. The van der Waals surface area contributed by atoms with Crippen molar-refractivity contribution in [2.75, 3.05) is 0 Å². The lowest BCUT2D eigenvalue weighted by molar-refractivity contribution is 0.404. The molecule has 3 heteroatoms. The quantitative estimate of drug-likeness (QED) is 0.298. The fraction of sp³-hybridized carbons (Fsp3) is 0.864. The molecule has 0 aliphatic rings. The molecule has 25 heavy (non-hydrogen) atoms. The van der Waals surface area contributed by atoms with Crippen LogP contribution in [0.4, 0.5) is 0 Å². The summed E-state index contributed by atoms with van der Waals surface area (Å²) < 4.78 is 5.20. The van der Waals surface area contributed by atoms with E-state index in [1.165, 1.54) is 89.9 Å². The third-order valence-corrected chi connectivity index (χ3v) is 5.34. The lowest BCUT2D eigenvalue weighted by Gasteiger charge is -2.10. The fourth-order valence-corrected chi connectivity index (χ4v) is 3.63. The molecule has 0 amide bonds.